The van der Waals surface area contributed by atoms with Gasteiger partial charge in [0, 0.05) is 56.3 Å². The maximum atomic E-state index is 13.1. The number of H-pyrrole nitrogens is 1. The molecule has 1 aromatic carbocycles. The van der Waals surface area contributed by atoms with Gasteiger partial charge >= 0.3 is 0 Å². The Hall–Kier alpha value is -3.11. The highest BCUT2D eigenvalue weighted by atomic mass is 16.2. The van der Waals surface area contributed by atoms with E-state index < -0.39 is 0 Å². The highest BCUT2D eigenvalue weighted by molar-refractivity contribution is 5.90. The second-order valence-corrected chi connectivity index (χ2v) is 13.1. The predicted octanol–water partition coefficient (Wildman–Crippen LogP) is 4.89. The standard InChI is InChI=1S/C34H53N9O/c44-33(27-11-3-1-4-12-27)42-23-21-41(22-24-42)32-30-15-7-8-16-31(30)38-34(39-32)37-25-29-26-43(40-29)20-10-18-35-17-9-19-36-28-13-5-2-6-14-28/h7-8,15-16,26-28,35-36,40H,1-6,9-14,17-25H2,(H,37,38,39). The van der Waals surface area contributed by atoms with Gasteiger partial charge in [0.15, 0.2) is 0 Å². The van der Waals surface area contributed by atoms with E-state index in [1.54, 1.807) is 0 Å². The maximum absolute atomic E-state index is 13.1. The number of aryl methyl sites for hydroxylation is 1. The van der Waals surface area contributed by atoms with E-state index in [0.717, 1.165) is 100 Å². The zero-order chi connectivity index (χ0) is 30.0. The Morgan fingerprint density at radius 1 is 0.864 bits per heavy atom. The highest BCUT2D eigenvalue weighted by Gasteiger charge is 2.29. The minimum atomic E-state index is 0.233. The third-order valence-corrected chi connectivity index (χ3v) is 9.79. The number of carbonyl (C=O) groups excluding carboxylic acids is 1. The van der Waals surface area contributed by atoms with Crippen molar-refractivity contribution in [1.29, 1.82) is 0 Å². The summed E-state index contributed by atoms with van der Waals surface area (Å²) in [5, 5.41) is 15.3. The van der Waals surface area contributed by atoms with Gasteiger partial charge in [-0.05, 0) is 70.3 Å². The van der Waals surface area contributed by atoms with E-state index >= 15 is 0 Å². The van der Waals surface area contributed by atoms with Crippen LogP contribution < -0.4 is 20.9 Å². The van der Waals surface area contributed by atoms with Gasteiger partial charge in [-0.25, -0.2) is 4.98 Å². The molecule has 1 aliphatic heterocycles. The Morgan fingerprint density at radius 3 is 2.39 bits per heavy atom. The van der Waals surface area contributed by atoms with Crippen molar-refractivity contribution in [3.8, 4) is 0 Å². The van der Waals surface area contributed by atoms with Crippen LogP contribution in [0.5, 0.6) is 0 Å². The predicted molar refractivity (Wildman–Crippen MR) is 178 cm³/mol. The number of rotatable bonds is 14. The molecule has 10 nitrogen and oxygen atoms in total. The molecule has 1 saturated heterocycles. The van der Waals surface area contributed by atoms with Crippen LogP contribution >= 0.6 is 0 Å². The maximum Gasteiger partial charge on any atom is 0.225 e. The number of carbonyl (C=O) groups is 1. The van der Waals surface area contributed by atoms with Gasteiger partial charge in [0.25, 0.3) is 0 Å². The minimum Gasteiger partial charge on any atom is -0.352 e. The summed E-state index contributed by atoms with van der Waals surface area (Å²) in [4.78, 5) is 27.3. The number of para-hydroxylation sites is 1. The van der Waals surface area contributed by atoms with Crippen LogP contribution in [0.25, 0.3) is 10.9 Å². The Bertz CT molecular complexity index is 1290. The summed E-state index contributed by atoms with van der Waals surface area (Å²) in [6, 6.07) is 8.99. The molecule has 1 amide bonds. The molecule has 3 aliphatic rings. The molecule has 0 radical (unpaired) electrons. The number of nitrogens with one attached hydrogen (secondary N) is 4. The lowest BCUT2D eigenvalue weighted by molar-refractivity contribution is -0.136. The van der Waals surface area contributed by atoms with Crippen LogP contribution in [0.3, 0.4) is 0 Å². The van der Waals surface area contributed by atoms with E-state index in [1.165, 1.54) is 57.8 Å². The minimum absolute atomic E-state index is 0.233. The fourth-order valence-electron chi connectivity index (χ4n) is 7.20. The van der Waals surface area contributed by atoms with E-state index in [1.807, 2.05) is 12.1 Å². The largest absolute Gasteiger partial charge is 0.352 e. The van der Waals surface area contributed by atoms with Gasteiger partial charge in [0.05, 0.1) is 17.8 Å². The van der Waals surface area contributed by atoms with Gasteiger partial charge in [-0.15, -0.1) is 0 Å². The van der Waals surface area contributed by atoms with Crippen molar-refractivity contribution >= 4 is 28.6 Å². The SMILES string of the molecule is O=C(C1CCCCC1)N1CCN(c2nc(NCc3cn(CCCNCCCNC4CCCCC4)[nH]3)nc3ccccc23)CC1. The van der Waals surface area contributed by atoms with E-state index in [4.69, 9.17) is 9.97 Å². The molecule has 3 fully saturated rings. The molecular weight excluding hydrogens is 550 g/mol. The first-order chi connectivity index (χ1) is 21.7. The van der Waals surface area contributed by atoms with Crippen LogP contribution in [0.4, 0.5) is 11.8 Å². The Morgan fingerprint density at radius 2 is 1.59 bits per heavy atom. The van der Waals surface area contributed by atoms with Crippen molar-refractivity contribution in [3.63, 3.8) is 0 Å². The lowest BCUT2D eigenvalue weighted by Gasteiger charge is -2.38. The number of hydrogen-bond acceptors (Lipinski definition) is 7. The van der Waals surface area contributed by atoms with Crippen molar-refractivity contribution in [2.75, 3.05) is 56.0 Å². The van der Waals surface area contributed by atoms with E-state index in [0.29, 0.717) is 18.4 Å². The summed E-state index contributed by atoms with van der Waals surface area (Å²) in [5.74, 6) is 2.19. The van der Waals surface area contributed by atoms with Crippen LogP contribution in [0.15, 0.2) is 30.5 Å². The molecule has 0 bridgehead atoms. The first kappa shape index (κ1) is 30.9. The van der Waals surface area contributed by atoms with Crippen LogP contribution in [-0.4, -0.2) is 82.4 Å². The number of amides is 1. The van der Waals surface area contributed by atoms with Gasteiger partial charge < -0.3 is 25.8 Å². The van der Waals surface area contributed by atoms with E-state index in [9.17, 15) is 4.79 Å². The molecule has 240 valence electrons. The zero-order valence-electron chi connectivity index (χ0n) is 26.5. The average Bonchev–Trinajstić information content (AvgIpc) is 3.06. The normalized spacial score (nSPS) is 18.7. The Kier molecular flexibility index (Phi) is 11.1. The molecule has 6 rings (SSSR count). The Balaban J connectivity index is 0.924. The topological polar surface area (TPSA) is 106 Å². The van der Waals surface area contributed by atoms with E-state index in [-0.39, 0.29) is 5.92 Å². The first-order valence-corrected chi connectivity index (χ1v) is 17.5. The third kappa shape index (κ3) is 8.33. The summed E-state index contributed by atoms with van der Waals surface area (Å²) in [6.45, 7) is 8.02. The number of anilines is 2. The molecule has 0 spiro atoms. The van der Waals surface area contributed by atoms with Gasteiger partial charge in [0.2, 0.25) is 11.9 Å². The summed E-state index contributed by atoms with van der Waals surface area (Å²) >= 11 is 0. The number of aromatic nitrogens is 4. The second kappa shape index (κ2) is 15.8. The number of fused-ring (bicyclic) bond motifs is 1. The number of hydrogen-bond donors (Lipinski definition) is 4. The molecule has 3 aromatic rings. The number of benzene rings is 1. The van der Waals surface area contributed by atoms with Crippen LogP contribution in [-0.2, 0) is 17.9 Å². The molecular formula is C34H53N9O. The van der Waals surface area contributed by atoms with Crippen molar-refractivity contribution in [1.82, 2.24) is 35.3 Å². The van der Waals surface area contributed by atoms with Gasteiger partial charge in [-0.1, -0.05) is 50.7 Å². The van der Waals surface area contributed by atoms with Crippen molar-refractivity contribution in [2.45, 2.75) is 96.2 Å². The first-order valence-electron chi connectivity index (χ1n) is 17.5. The second-order valence-electron chi connectivity index (χ2n) is 13.1. The molecule has 2 saturated carbocycles. The molecule has 10 heteroatoms. The van der Waals surface area contributed by atoms with Gasteiger partial charge in [-0.2, -0.15) is 4.98 Å². The Labute approximate surface area is 262 Å². The van der Waals surface area contributed by atoms with E-state index in [2.05, 4.69) is 53.9 Å². The van der Waals surface area contributed by atoms with Crippen molar-refractivity contribution < 1.29 is 4.79 Å². The molecule has 4 N–H and O–H groups in total. The lowest BCUT2D eigenvalue weighted by Crippen LogP contribution is -2.51. The summed E-state index contributed by atoms with van der Waals surface area (Å²) in [6.07, 6.45) is 17.2. The fourth-order valence-corrected chi connectivity index (χ4v) is 7.20. The zero-order valence-corrected chi connectivity index (χ0v) is 26.5. The quantitative estimate of drug-likeness (QED) is 0.194. The molecule has 0 atom stereocenters. The average molecular weight is 604 g/mol. The summed E-state index contributed by atoms with van der Waals surface area (Å²) in [7, 11) is 0. The number of nitrogens with zero attached hydrogens (tertiary/aromatic N) is 5. The lowest BCUT2D eigenvalue weighted by atomic mass is 9.88. The molecule has 3 heterocycles. The number of piperazine rings is 1. The summed E-state index contributed by atoms with van der Waals surface area (Å²) < 4.78 is 2.16. The summed E-state index contributed by atoms with van der Waals surface area (Å²) in [5.41, 5.74) is 2.08. The van der Waals surface area contributed by atoms with Gasteiger partial charge in [0.1, 0.15) is 5.82 Å². The van der Waals surface area contributed by atoms with Crippen molar-refractivity contribution in [2.24, 2.45) is 5.92 Å². The molecule has 0 unspecified atom stereocenters. The van der Waals surface area contributed by atoms with Gasteiger partial charge in [-0.3, -0.25) is 14.6 Å². The fraction of sp³-hybridized carbons (Fsp3) is 0.676. The molecule has 44 heavy (non-hydrogen) atoms. The van der Waals surface area contributed by atoms with Crippen molar-refractivity contribution in [3.05, 3.63) is 36.2 Å². The molecule has 2 aromatic heterocycles. The van der Waals surface area contributed by atoms with Crippen LogP contribution in [0, 0.1) is 5.92 Å². The monoisotopic (exact) mass is 603 g/mol. The number of aromatic amines is 1. The third-order valence-electron chi connectivity index (χ3n) is 9.79. The van der Waals surface area contributed by atoms with Crippen LogP contribution in [0.1, 0.15) is 82.7 Å². The highest BCUT2D eigenvalue weighted by Crippen LogP contribution is 2.29. The smallest absolute Gasteiger partial charge is 0.225 e. The van der Waals surface area contributed by atoms with Crippen LogP contribution in [0.2, 0.25) is 0 Å². The molecule has 2 aliphatic carbocycles.